The lowest BCUT2D eigenvalue weighted by atomic mass is 10.0. The van der Waals surface area contributed by atoms with Crippen LogP contribution in [-0.4, -0.2) is 30.1 Å². The van der Waals surface area contributed by atoms with Crippen molar-refractivity contribution in [2.45, 2.75) is 18.9 Å². The van der Waals surface area contributed by atoms with Gasteiger partial charge in [-0.25, -0.2) is 0 Å². The number of aliphatic hydroxyl groups is 1. The molecule has 0 saturated heterocycles. The van der Waals surface area contributed by atoms with Crippen molar-refractivity contribution in [2.24, 2.45) is 5.73 Å². The van der Waals surface area contributed by atoms with E-state index in [0.717, 1.165) is 12.0 Å². The fourth-order valence-corrected chi connectivity index (χ4v) is 2.07. The van der Waals surface area contributed by atoms with Crippen molar-refractivity contribution in [1.82, 2.24) is 0 Å². The summed E-state index contributed by atoms with van der Waals surface area (Å²) in [6, 6.07) is 16.9. The third-order valence-electron chi connectivity index (χ3n) is 3.35. The van der Waals surface area contributed by atoms with Crippen molar-refractivity contribution < 1.29 is 14.6 Å². The lowest BCUT2D eigenvalue weighted by Gasteiger charge is -2.11. The number of carbonyl (C=O) groups is 1. The summed E-state index contributed by atoms with van der Waals surface area (Å²) in [6.07, 6.45) is 0.479. The van der Waals surface area contributed by atoms with Gasteiger partial charge < -0.3 is 15.6 Å². The number of ketones is 1. The predicted molar refractivity (Wildman–Crippen MR) is 86.1 cm³/mol. The van der Waals surface area contributed by atoms with Gasteiger partial charge in [0.25, 0.3) is 0 Å². The van der Waals surface area contributed by atoms with Gasteiger partial charge in [-0.1, -0.05) is 42.5 Å². The Hall–Kier alpha value is -2.17. The highest BCUT2D eigenvalue weighted by molar-refractivity contribution is 5.96. The molecule has 0 fully saturated rings. The van der Waals surface area contributed by atoms with Gasteiger partial charge >= 0.3 is 0 Å². The van der Waals surface area contributed by atoms with Crippen molar-refractivity contribution >= 4 is 5.78 Å². The third-order valence-corrected chi connectivity index (χ3v) is 3.35. The number of Topliss-reactive ketones (excluding diaryl/α,β-unsaturated/α-hetero) is 1. The van der Waals surface area contributed by atoms with E-state index in [4.69, 9.17) is 10.5 Å². The molecule has 0 aliphatic carbocycles. The first-order valence-corrected chi connectivity index (χ1v) is 7.37. The minimum Gasteiger partial charge on any atom is -0.491 e. The summed E-state index contributed by atoms with van der Waals surface area (Å²) in [5, 5.41) is 9.39. The first-order valence-electron chi connectivity index (χ1n) is 7.37. The molecule has 0 aliphatic rings. The second-order valence-electron chi connectivity index (χ2n) is 5.14. The highest BCUT2D eigenvalue weighted by Gasteiger charge is 2.08. The number of carbonyl (C=O) groups excluding carboxylic acids is 1. The Morgan fingerprint density at radius 1 is 1.14 bits per heavy atom. The second kappa shape index (κ2) is 8.32. The maximum absolute atomic E-state index is 12.2. The lowest BCUT2D eigenvalue weighted by Crippen LogP contribution is -2.26. The first-order chi connectivity index (χ1) is 10.7. The molecule has 0 aliphatic heterocycles. The second-order valence-corrected chi connectivity index (χ2v) is 5.14. The number of benzene rings is 2. The summed E-state index contributed by atoms with van der Waals surface area (Å²) >= 11 is 0. The van der Waals surface area contributed by atoms with E-state index < -0.39 is 6.10 Å². The zero-order chi connectivity index (χ0) is 15.8. The van der Waals surface area contributed by atoms with Gasteiger partial charge in [-0.2, -0.15) is 0 Å². The molecule has 4 heteroatoms. The molecule has 116 valence electrons. The van der Waals surface area contributed by atoms with E-state index in [2.05, 4.69) is 0 Å². The molecule has 0 bridgehead atoms. The standard InChI is InChI=1S/C18H21NO3/c19-12-16(20)13-22-17-8-4-7-15(11-17)18(21)10-9-14-5-2-1-3-6-14/h1-8,11,16,20H,9-10,12-13,19H2. The Balaban J connectivity index is 1.92. The van der Waals surface area contributed by atoms with Crippen LogP contribution in [0.2, 0.25) is 0 Å². The smallest absolute Gasteiger partial charge is 0.163 e. The number of nitrogens with two attached hydrogens (primary N) is 1. The molecule has 2 aromatic carbocycles. The molecule has 0 heterocycles. The Bertz CT molecular complexity index is 598. The topological polar surface area (TPSA) is 72.6 Å². The molecule has 0 amide bonds. The van der Waals surface area contributed by atoms with Crippen LogP contribution < -0.4 is 10.5 Å². The van der Waals surface area contributed by atoms with Crippen molar-refractivity contribution in [3.05, 3.63) is 65.7 Å². The van der Waals surface area contributed by atoms with Crippen molar-refractivity contribution in [1.29, 1.82) is 0 Å². The van der Waals surface area contributed by atoms with Crippen LogP contribution in [0.3, 0.4) is 0 Å². The maximum Gasteiger partial charge on any atom is 0.163 e. The largest absolute Gasteiger partial charge is 0.491 e. The molecule has 4 nitrogen and oxygen atoms in total. The van der Waals surface area contributed by atoms with E-state index in [1.807, 2.05) is 30.3 Å². The van der Waals surface area contributed by atoms with Gasteiger partial charge in [0.15, 0.2) is 5.78 Å². The van der Waals surface area contributed by atoms with E-state index in [-0.39, 0.29) is 18.9 Å². The van der Waals surface area contributed by atoms with Crippen LogP contribution in [0.15, 0.2) is 54.6 Å². The number of aliphatic hydroxyl groups excluding tert-OH is 1. The minimum atomic E-state index is -0.697. The molecule has 2 rings (SSSR count). The summed E-state index contributed by atoms with van der Waals surface area (Å²) in [5.74, 6) is 0.645. The molecule has 22 heavy (non-hydrogen) atoms. The van der Waals surface area contributed by atoms with Crippen LogP contribution in [0.5, 0.6) is 5.75 Å². The van der Waals surface area contributed by atoms with Crippen LogP contribution in [0.25, 0.3) is 0 Å². The van der Waals surface area contributed by atoms with Gasteiger partial charge in [0.2, 0.25) is 0 Å². The summed E-state index contributed by atoms with van der Waals surface area (Å²) in [6.45, 7) is 0.272. The van der Waals surface area contributed by atoms with E-state index in [9.17, 15) is 9.90 Å². The summed E-state index contributed by atoms with van der Waals surface area (Å²) in [4.78, 5) is 12.2. The van der Waals surface area contributed by atoms with Crippen molar-refractivity contribution in [3.63, 3.8) is 0 Å². The highest BCUT2D eigenvalue weighted by atomic mass is 16.5. The average Bonchev–Trinajstić information content (AvgIpc) is 2.58. The van der Waals surface area contributed by atoms with Gasteiger partial charge in [0.05, 0.1) is 0 Å². The molecule has 0 spiro atoms. The SMILES string of the molecule is NCC(O)COc1cccc(C(=O)CCc2ccccc2)c1. The molecule has 2 aromatic rings. The zero-order valence-corrected chi connectivity index (χ0v) is 12.4. The molecule has 1 unspecified atom stereocenters. The van der Waals surface area contributed by atoms with Crippen LogP contribution in [0.1, 0.15) is 22.3 Å². The molecular weight excluding hydrogens is 278 g/mol. The Morgan fingerprint density at radius 3 is 2.64 bits per heavy atom. The monoisotopic (exact) mass is 299 g/mol. The van der Waals surface area contributed by atoms with E-state index in [1.165, 1.54) is 0 Å². The normalized spacial score (nSPS) is 11.9. The van der Waals surface area contributed by atoms with E-state index >= 15 is 0 Å². The maximum atomic E-state index is 12.2. The van der Waals surface area contributed by atoms with E-state index in [0.29, 0.717) is 17.7 Å². The highest BCUT2D eigenvalue weighted by Crippen LogP contribution is 2.16. The van der Waals surface area contributed by atoms with Crippen LogP contribution in [-0.2, 0) is 6.42 Å². The van der Waals surface area contributed by atoms with Crippen LogP contribution in [0, 0.1) is 0 Å². The van der Waals surface area contributed by atoms with Crippen molar-refractivity contribution in [3.8, 4) is 5.75 Å². The quantitative estimate of drug-likeness (QED) is 0.733. The van der Waals surface area contributed by atoms with Gasteiger partial charge in [-0.15, -0.1) is 0 Å². The fraction of sp³-hybridized carbons (Fsp3) is 0.278. The molecule has 0 aromatic heterocycles. The molecule has 3 N–H and O–H groups in total. The number of rotatable bonds is 8. The number of hydrogen-bond acceptors (Lipinski definition) is 4. The van der Waals surface area contributed by atoms with Gasteiger partial charge in [-0.3, -0.25) is 4.79 Å². The number of hydrogen-bond donors (Lipinski definition) is 2. The van der Waals surface area contributed by atoms with Crippen LogP contribution >= 0.6 is 0 Å². The summed E-state index contributed by atoms with van der Waals surface area (Å²) in [7, 11) is 0. The fourth-order valence-electron chi connectivity index (χ4n) is 2.07. The minimum absolute atomic E-state index is 0.0775. The molecule has 0 saturated carbocycles. The zero-order valence-electron chi connectivity index (χ0n) is 12.4. The van der Waals surface area contributed by atoms with E-state index in [1.54, 1.807) is 24.3 Å². The summed E-state index contributed by atoms with van der Waals surface area (Å²) in [5.41, 5.74) is 7.09. The number of ether oxygens (including phenoxy) is 1. The van der Waals surface area contributed by atoms with Gasteiger partial charge in [0.1, 0.15) is 18.5 Å². The van der Waals surface area contributed by atoms with Gasteiger partial charge in [0, 0.05) is 18.5 Å². The summed E-state index contributed by atoms with van der Waals surface area (Å²) < 4.78 is 5.43. The predicted octanol–water partition coefficient (Wildman–Crippen LogP) is 2.20. The molecule has 0 radical (unpaired) electrons. The first kappa shape index (κ1) is 16.2. The Kier molecular flexibility index (Phi) is 6.13. The van der Waals surface area contributed by atoms with Crippen molar-refractivity contribution in [2.75, 3.05) is 13.2 Å². The Morgan fingerprint density at radius 2 is 1.91 bits per heavy atom. The lowest BCUT2D eigenvalue weighted by molar-refractivity contribution is 0.0981. The van der Waals surface area contributed by atoms with Crippen LogP contribution in [0.4, 0.5) is 0 Å². The molecular formula is C18H21NO3. The van der Waals surface area contributed by atoms with Gasteiger partial charge in [-0.05, 0) is 24.1 Å². The molecule has 1 atom stereocenters. The third kappa shape index (κ3) is 4.98. The average molecular weight is 299 g/mol. The Labute approximate surface area is 130 Å². The number of aryl methyl sites for hydroxylation is 1.